The summed E-state index contributed by atoms with van der Waals surface area (Å²) in [6.07, 6.45) is 0. The lowest BCUT2D eigenvalue weighted by Gasteiger charge is -2.14. The van der Waals surface area contributed by atoms with Crippen LogP contribution >= 0.6 is 23.1 Å². The van der Waals surface area contributed by atoms with Crippen LogP contribution in [0.2, 0.25) is 0 Å². The van der Waals surface area contributed by atoms with Crippen molar-refractivity contribution in [2.75, 3.05) is 13.7 Å². The maximum absolute atomic E-state index is 12.4. The maximum Gasteiger partial charge on any atom is 0.324 e. The predicted octanol–water partition coefficient (Wildman–Crippen LogP) is 5.22. The lowest BCUT2D eigenvalue weighted by Crippen LogP contribution is -2.13. The van der Waals surface area contributed by atoms with Crippen molar-refractivity contribution in [3.8, 4) is 17.0 Å². The Kier molecular flexibility index (Phi) is 6.30. The van der Waals surface area contributed by atoms with Crippen molar-refractivity contribution in [3.05, 3.63) is 65.5 Å². The molecule has 134 valence electrons. The van der Waals surface area contributed by atoms with Gasteiger partial charge < -0.3 is 9.47 Å². The van der Waals surface area contributed by atoms with Gasteiger partial charge in [-0.15, -0.1) is 11.3 Å². The average molecular weight is 386 g/mol. The molecule has 0 saturated carbocycles. The second kappa shape index (κ2) is 8.87. The third-order valence-corrected chi connectivity index (χ3v) is 5.90. The highest BCUT2D eigenvalue weighted by Gasteiger charge is 2.24. The van der Waals surface area contributed by atoms with Gasteiger partial charge >= 0.3 is 5.97 Å². The van der Waals surface area contributed by atoms with Crippen LogP contribution < -0.4 is 4.74 Å². The molecule has 0 spiro atoms. The molecule has 0 amide bonds. The van der Waals surface area contributed by atoms with Crippen molar-refractivity contribution < 1.29 is 14.3 Å². The number of nitrogens with zero attached hydrogens (tertiary/aromatic N) is 1. The molecule has 0 saturated heterocycles. The standard InChI is InChI=1S/C20H19NO3S2/c1-3-24-19(22)18(15-7-5-4-6-8-15)26-20-21-17(13-25-20)14-9-11-16(23-2)12-10-14/h4-13,18H,3H2,1-2H3. The van der Waals surface area contributed by atoms with Gasteiger partial charge in [0.05, 0.1) is 19.4 Å². The van der Waals surface area contributed by atoms with E-state index in [4.69, 9.17) is 9.47 Å². The first-order chi connectivity index (χ1) is 12.7. The van der Waals surface area contributed by atoms with E-state index in [-0.39, 0.29) is 5.97 Å². The van der Waals surface area contributed by atoms with Crippen LogP contribution in [0.1, 0.15) is 17.7 Å². The number of hydrogen-bond acceptors (Lipinski definition) is 6. The van der Waals surface area contributed by atoms with Crippen LogP contribution in [-0.2, 0) is 9.53 Å². The van der Waals surface area contributed by atoms with E-state index < -0.39 is 5.25 Å². The second-order valence-corrected chi connectivity index (χ2v) is 7.60. The zero-order valence-corrected chi connectivity index (χ0v) is 16.2. The highest BCUT2D eigenvalue weighted by atomic mass is 32.2. The van der Waals surface area contributed by atoms with Crippen LogP contribution in [0.25, 0.3) is 11.3 Å². The Hall–Kier alpha value is -2.31. The lowest BCUT2D eigenvalue weighted by molar-refractivity contribution is -0.142. The summed E-state index contributed by atoms with van der Waals surface area (Å²) < 4.78 is 11.3. The number of esters is 1. The van der Waals surface area contributed by atoms with Crippen LogP contribution in [0.5, 0.6) is 5.75 Å². The van der Waals surface area contributed by atoms with Crippen molar-refractivity contribution in [2.45, 2.75) is 16.5 Å². The summed E-state index contributed by atoms with van der Waals surface area (Å²) in [5.74, 6) is 0.565. The largest absolute Gasteiger partial charge is 0.497 e. The Labute approximate surface area is 161 Å². The minimum Gasteiger partial charge on any atom is -0.497 e. The number of benzene rings is 2. The highest BCUT2D eigenvalue weighted by molar-refractivity contribution is 8.01. The molecule has 3 rings (SSSR count). The molecule has 0 fully saturated rings. The Morgan fingerprint density at radius 2 is 1.88 bits per heavy atom. The Bertz CT molecular complexity index is 847. The first-order valence-corrected chi connectivity index (χ1v) is 9.95. The smallest absolute Gasteiger partial charge is 0.324 e. The molecule has 0 bridgehead atoms. The molecule has 4 nitrogen and oxygen atoms in total. The Morgan fingerprint density at radius 1 is 1.15 bits per heavy atom. The van der Waals surface area contributed by atoms with Gasteiger partial charge in [-0.05, 0) is 36.8 Å². The normalized spacial score (nSPS) is 11.8. The molecule has 0 aliphatic heterocycles. The van der Waals surface area contributed by atoms with Crippen LogP contribution in [-0.4, -0.2) is 24.7 Å². The maximum atomic E-state index is 12.4. The van der Waals surface area contributed by atoms with Gasteiger partial charge in [0.2, 0.25) is 0 Å². The number of ether oxygens (including phenoxy) is 2. The van der Waals surface area contributed by atoms with Gasteiger partial charge in [-0.25, -0.2) is 4.98 Å². The van der Waals surface area contributed by atoms with E-state index in [0.29, 0.717) is 6.61 Å². The fourth-order valence-electron chi connectivity index (χ4n) is 2.40. The molecule has 0 radical (unpaired) electrons. The number of hydrogen-bond donors (Lipinski definition) is 0. The molecule has 0 aliphatic rings. The first-order valence-electron chi connectivity index (χ1n) is 8.19. The van der Waals surface area contributed by atoms with E-state index in [2.05, 4.69) is 4.98 Å². The van der Waals surface area contributed by atoms with E-state index in [1.807, 2.05) is 66.9 Å². The van der Waals surface area contributed by atoms with Crippen molar-refractivity contribution >= 4 is 29.1 Å². The van der Waals surface area contributed by atoms with Gasteiger partial charge in [0.1, 0.15) is 11.0 Å². The summed E-state index contributed by atoms with van der Waals surface area (Å²) in [6.45, 7) is 2.17. The molecule has 0 aliphatic carbocycles. The number of aromatic nitrogens is 1. The summed E-state index contributed by atoms with van der Waals surface area (Å²) in [5.41, 5.74) is 2.81. The predicted molar refractivity (Wildman–Crippen MR) is 106 cm³/mol. The molecular formula is C20H19NO3S2. The van der Waals surface area contributed by atoms with Crippen LogP contribution in [0.3, 0.4) is 0 Å². The zero-order chi connectivity index (χ0) is 18.4. The third kappa shape index (κ3) is 4.45. The van der Waals surface area contributed by atoms with Crippen molar-refractivity contribution in [1.29, 1.82) is 0 Å². The van der Waals surface area contributed by atoms with E-state index in [1.165, 1.54) is 23.1 Å². The van der Waals surface area contributed by atoms with Gasteiger partial charge in [-0.3, -0.25) is 4.79 Å². The second-order valence-electron chi connectivity index (χ2n) is 5.39. The average Bonchev–Trinajstić information content (AvgIpc) is 3.16. The van der Waals surface area contributed by atoms with Crippen molar-refractivity contribution in [3.63, 3.8) is 0 Å². The molecule has 3 aromatic rings. The van der Waals surface area contributed by atoms with Gasteiger partial charge in [-0.1, -0.05) is 42.1 Å². The SMILES string of the molecule is CCOC(=O)C(Sc1nc(-c2ccc(OC)cc2)cs1)c1ccccc1. The number of carbonyl (C=O) groups excluding carboxylic acids is 1. The number of thiazole rings is 1. The molecule has 1 unspecified atom stereocenters. The summed E-state index contributed by atoms with van der Waals surface area (Å²) >= 11 is 2.95. The quantitative estimate of drug-likeness (QED) is 0.412. The number of thioether (sulfide) groups is 1. The van der Waals surface area contributed by atoms with Crippen molar-refractivity contribution in [1.82, 2.24) is 4.98 Å². The summed E-state index contributed by atoms with van der Waals surface area (Å²) in [5, 5.41) is 1.57. The highest BCUT2D eigenvalue weighted by Crippen LogP contribution is 2.39. The molecule has 1 atom stereocenters. The molecule has 26 heavy (non-hydrogen) atoms. The molecule has 6 heteroatoms. The Morgan fingerprint density at radius 3 is 2.54 bits per heavy atom. The minimum absolute atomic E-state index is 0.245. The summed E-state index contributed by atoms with van der Waals surface area (Å²) in [6, 6.07) is 17.4. The van der Waals surface area contributed by atoms with Gasteiger partial charge in [0.15, 0.2) is 4.34 Å². The number of methoxy groups -OCH3 is 1. The van der Waals surface area contributed by atoms with Gasteiger partial charge in [0.25, 0.3) is 0 Å². The minimum atomic E-state index is -0.425. The first kappa shape index (κ1) is 18.5. The monoisotopic (exact) mass is 385 g/mol. The topological polar surface area (TPSA) is 48.4 Å². The molecular weight excluding hydrogens is 366 g/mol. The lowest BCUT2D eigenvalue weighted by atomic mass is 10.1. The van der Waals surface area contributed by atoms with E-state index in [1.54, 1.807) is 7.11 Å². The molecule has 0 N–H and O–H groups in total. The molecule has 1 aromatic heterocycles. The van der Waals surface area contributed by atoms with Crippen LogP contribution in [0, 0.1) is 0 Å². The Balaban J connectivity index is 1.81. The molecule has 2 aromatic carbocycles. The van der Waals surface area contributed by atoms with E-state index in [9.17, 15) is 4.79 Å². The summed E-state index contributed by atoms with van der Waals surface area (Å²) in [7, 11) is 1.64. The number of carbonyl (C=O) groups is 1. The fourth-order valence-corrected chi connectivity index (χ4v) is 4.42. The molecule has 1 heterocycles. The van der Waals surface area contributed by atoms with E-state index >= 15 is 0 Å². The zero-order valence-electron chi connectivity index (χ0n) is 14.5. The van der Waals surface area contributed by atoms with E-state index in [0.717, 1.165) is 26.9 Å². The fraction of sp³-hybridized carbons (Fsp3) is 0.200. The van der Waals surface area contributed by atoms with Crippen molar-refractivity contribution in [2.24, 2.45) is 0 Å². The third-order valence-electron chi connectivity index (χ3n) is 3.69. The van der Waals surface area contributed by atoms with Gasteiger partial charge in [0, 0.05) is 10.9 Å². The van der Waals surface area contributed by atoms with Gasteiger partial charge in [-0.2, -0.15) is 0 Å². The summed E-state index contributed by atoms with van der Waals surface area (Å²) in [4.78, 5) is 17.1. The van der Waals surface area contributed by atoms with Crippen LogP contribution in [0.4, 0.5) is 0 Å². The number of rotatable bonds is 7. The van der Waals surface area contributed by atoms with Crippen LogP contribution in [0.15, 0.2) is 64.3 Å².